The fourth-order valence-corrected chi connectivity index (χ4v) is 6.10. The molecular weight excluding hydrogens is 401 g/mol. The zero-order valence-corrected chi connectivity index (χ0v) is 18.1. The summed E-state index contributed by atoms with van der Waals surface area (Å²) < 4.78 is 26.4. The minimum absolute atomic E-state index is 0. The summed E-state index contributed by atoms with van der Waals surface area (Å²) in [6, 6.07) is 14.9. The van der Waals surface area contributed by atoms with Gasteiger partial charge in [-0.3, -0.25) is 5.32 Å². The van der Waals surface area contributed by atoms with Gasteiger partial charge in [-0.15, -0.1) is 12.4 Å². The maximum Gasteiger partial charge on any atom is 0.180 e. The van der Waals surface area contributed by atoms with Gasteiger partial charge in [0.1, 0.15) is 0 Å². The van der Waals surface area contributed by atoms with E-state index in [-0.39, 0.29) is 24.2 Å². The molecule has 6 heteroatoms. The van der Waals surface area contributed by atoms with E-state index in [1.807, 2.05) is 36.4 Å². The highest BCUT2D eigenvalue weighted by atomic mass is 35.5. The fraction of sp³-hybridized carbons (Fsp3) is 0.429. The van der Waals surface area contributed by atoms with Crippen molar-refractivity contribution in [2.45, 2.75) is 56.0 Å². The van der Waals surface area contributed by atoms with Gasteiger partial charge in [-0.25, -0.2) is 8.42 Å². The number of sulfone groups is 1. The summed E-state index contributed by atoms with van der Waals surface area (Å²) in [6.45, 7) is 4.22. The van der Waals surface area contributed by atoms with Gasteiger partial charge in [0, 0.05) is 10.6 Å². The fourth-order valence-electron chi connectivity index (χ4n) is 3.83. The van der Waals surface area contributed by atoms with Crippen LogP contribution in [0.2, 0.25) is 5.02 Å². The smallest absolute Gasteiger partial charge is 0.180 e. The molecule has 2 unspecified atom stereocenters. The SMILES string of the molecule is CCCCC1(CC)CS(=O)(=O)c2ccccc2C(c2ccc(Cl)cc2)N1.Cl. The molecule has 0 bridgehead atoms. The first-order chi connectivity index (χ1) is 12.4. The van der Waals surface area contributed by atoms with Crippen LogP contribution < -0.4 is 5.32 Å². The number of halogens is 2. The van der Waals surface area contributed by atoms with Gasteiger partial charge in [-0.1, -0.05) is 68.6 Å². The summed E-state index contributed by atoms with van der Waals surface area (Å²) >= 11 is 6.06. The number of fused-ring (bicyclic) bond motifs is 1. The molecule has 27 heavy (non-hydrogen) atoms. The van der Waals surface area contributed by atoms with E-state index in [2.05, 4.69) is 19.2 Å². The van der Waals surface area contributed by atoms with E-state index >= 15 is 0 Å². The second-order valence-corrected chi connectivity index (χ2v) is 9.56. The van der Waals surface area contributed by atoms with Gasteiger partial charge < -0.3 is 0 Å². The molecule has 1 aliphatic heterocycles. The van der Waals surface area contributed by atoms with Crippen molar-refractivity contribution >= 4 is 33.8 Å². The number of hydrogen-bond acceptors (Lipinski definition) is 3. The van der Waals surface area contributed by atoms with Crippen LogP contribution in [-0.2, 0) is 9.84 Å². The first-order valence-corrected chi connectivity index (χ1v) is 11.3. The molecule has 0 saturated carbocycles. The molecular formula is C21H27Cl2NO2S. The van der Waals surface area contributed by atoms with Gasteiger partial charge in [0.25, 0.3) is 0 Å². The van der Waals surface area contributed by atoms with Gasteiger partial charge in [0.15, 0.2) is 9.84 Å². The molecule has 1 heterocycles. The summed E-state index contributed by atoms with van der Waals surface area (Å²) in [7, 11) is -3.37. The van der Waals surface area contributed by atoms with E-state index in [0.717, 1.165) is 36.8 Å². The molecule has 0 aliphatic carbocycles. The number of rotatable bonds is 5. The summed E-state index contributed by atoms with van der Waals surface area (Å²) in [5.41, 5.74) is 1.42. The Labute approximate surface area is 173 Å². The molecule has 3 rings (SSSR count). The molecule has 1 aliphatic rings. The van der Waals surface area contributed by atoms with Crippen LogP contribution in [0.5, 0.6) is 0 Å². The molecule has 2 aromatic rings. The Balaban J connectivity index is 0.00000261. The summed E-state index contributed by atoms with van der Waals surface area (Å²) in [5.74, 6) is 0.137. The number of hydrogen-bond donors (Lipinski definition) is 1. The number of nitrogens with one attached hydrogen (secondary N) is 1. The molecule has 3 nitrogen and oxygen atoms in total. The van der Waals surface area contributed by atoms with Crippen LogP contribution in [0.3, 0.4) is 0 Å². The molecule has 0 radical (unpaired) electrons. The molecule has 0 aromatic heterocycles. The Morgan fingerprint density at radius 1 is 1.11 bits per heavy atom. The van der Waals surface area contributed by atoms with Gasteiger partial charge >= 0.3 is 0 Å². The Morgan fingerprint density at radius 2 is 1.78 bits per heavy atom. The quantitative estimate of drug-likeness (QED) is 0.678. The lowest BCUT2D eigenvalue weighted by molar-refractivity contribution is 0.295. The minimum atomic E-state index is -3.37. The van der Waals surface area contributed by atoms with Crippen molar-refractivity contribution in [3.8, 4) is 0 Å². The van der Waals surface area contributed by atoms with Crippen molar-refractivity contribution in [2.24, 2.45) is 0 Å². The van der Waals surface area contributed by atoms with Crippen LogP contribution in [-0.4, -0.2) is 19.7 Å². The Hall–Kier alpha value is -1.07. The number of benzene rings is 2. The molecule has 148 valence electrons. The predicted octanol–water partition coefficient (Wildman–Crippen LogP) is 5.57. The maximum absolute atomic E-state index is 13.2. The Bertz CT molecular complexity index is 868. The third-order valence-electron chi connectivity index (χ3n) is 5.37. The number of unbranched alkanes of at least 4 members (excludes halogenated alkanes) is 1. The van der Waals surface area contributed by atoms with E-state index in [4.69, 9.17) is 11.6 Å². The van der Waals surface area contributed by atoms with Crippen molar-refractivity contribution < 1.29 is 8.42 Å². The van der Waals surface area contributed by atoms with Crippen LogP contribution >= 0.6 is 24.0 Å². The zero-order chi connectivity index (χ0) is 18.8. The lowest BCUT2D eigenvalue weighted by Crippen LogP contribution is -2.50. The standard InChI is InChI=1S/C21H26ClNO2S.ClH/c1-3-5-14-21(4-2)15-26(24,25)19-9-7-6-8-18(19)20(23-21)16-10-12-17(22)13-11-16;/h6-13,20,23H,3-5,14-15H2,1-2H3;1H. The maximum atomic E-state index is 13.2. The second-order valence-electron chi connectivity index (χ2n) is 7.16. The van der Waals surface area contributed by atoms with Crippen molar-refractivity contribution in [1.82, 2.24) is 5.32 Å². The van der Waals surface area contributed by atoms with E-state index in [1.165, 1.54) is 0 Å². The van der Waals surface area contributed by atoms with Crippen LogP contribution in [0.1, 0.15) is 56.7 Å². The monoisotopic (exact) mass is 427 g/mol. The van der Waals surface area contributed by atoms with E-state index in [1.54, 1.807) is 12.1 Å². The average Bonchev–Trinajstić information content (AvgIpc) is 2.74. The highest BCUT2D eigenvalue weighted by Crippen LogP contribution is 2.38. The van der Waals surface area contributed by atoms with E-state index in [9.17, 15) is 8.42 Å². The van der Waals surface area contributed by atoms with Crippen LogP contribution in [0.4, 0.5) is 0 Å². The van der Waals surface area contributed by atoms with Crippen molar-refractivity contribution in [1.29, 1.82) is 0 Å². The van der Waals surface area contributed by atoms with Crippen LogP contribution in [0.25, 0.3) is 0 Å². The molecule has 0 spiro atoms. The Kier molecular flexibility index (Phi) is 7.37. The lowest BCUT2D eigenvalue weighted by atomic mass is 9.88. The summed E-state index contributed by atoms with van der Waals surface area (Å²) in [6.07, 6.45) is 3.66. The van der Waals surface area contributed by atoms with Crippen LogP contribution in [0.15, 0.2) is 53.4 Å². The largest absolute Gasteiger partial charge is 0.300 e. The van der Waals surface area contributed by atoms with Gasteiger partial charge in [-0.05, 0) is 42.2 Å². The van der Waals surface area contributed by atoms with Gasteiger partial charge in [0.2, 0.25) is 0 Å². The molecule has 0 saturated heterocycles. The minimum Gasteiger partial charge on any atom is -0.300 e. The molecule has 2 atom stereocenters. The predicted molar refractivity (Wildman–Crippen MR) is 115 cm³/mol. The van der Waals surface area contributed by atoms with E-state index < -0.39 is 15.4 Å². The highest BCUT2D eigenvalue weighted by Gasteiger charge is 2.41. The van der Waals surface area contributed by atoms with Crippen molar-refractivity contribution in [3.05, 3.63) is 64.7 Å². The van der Waals surface area contributed by atoms with Crippen molar-refractivity contribution in [3.63, 3.8) is 0 Å². The lowest BCUT2D eigenvalue weighted by Gasteiger charge is -2.36. The third-order valence-corrected chi connectivity index (χ3v) is 7.60. The first kappa shape index (κ1) is 22.2. The first-order valence-electron chi connectivity index (χ1n) is 9.25. The molecule has 0 fully saturated rings. The second kappa shape index (κ2) is 8.95. The molecule has 2 aromatic carbocycles. The zero-order valence-electron chi connectivity index (χ0n) is 15.7. The normalized spacial score (nSPS) is 23.7. The van der Waals surface area contributed by atoms with Gasteiger partial charge in [0.05, 0.1) is 16.7 Å². The van der Waals surface area contributed by atoms with Crippen molar-refractivity contribution in [2.75, 3.05) is 5.75 Å². The summed E-state index contributed by atoms with van der Waals surface area (Å²) in [4.78, 5) is 0.444. The molecule has 1 N–H and O–H groups in total. The van der Waals surface area contributed by atoms with Crippen LogP contribution in [0, 0.1) is 0 Å². The topological polar surface area (TPSA) is 46.2 Å². The average molecular weight is 428 g/mol. The Morgan fingerprint density at radius 3 is 2.41 bits per heavy atom. The molecule has 0 amide bonds. The third kappa shape index (κ3) is 4.68. The van der Waals surface area contributed by atoms with Gasteiger partial charge in [-0.2, -0.15) is 0 Å². The van der Waals surface area contributed by atoms with E-state index in [0.29, 0.717) is 9.92 Å². The highest BCUT2D eigenvalue weighted by molar-refractivity contribution is 7.91. The summed E-state index contributed by atoms with van der Waals surface area (Å²) in [5, 5.41) is 4.42.